The first-order valence-corrected chi connectivity index (χ1v) is 12.1. The molecule has 0 N–H and O–H groups in total. The number of imide groups is 1. The molecule has 0 fully saturated rings. The normalized spacial score (nSPS) is 12.3. The van der Waals surface area contributed by atoms with Crippen molar-refractivity contribution in [2.24, 2.45) is 0 Å². The average Bonchev–Trinajstić information content (AvgIpc) is 3.20. The van der Waals surface area contributed by atoms with Crippen LogP contribution in [-0.4, -0.2) is 22.7 Å². The van der Waals surface area contributed by atoms with Crippen LogP contribution in [0, 0.1) is 10.1 Å². The number of amides is 2. The molecule has 0 spiro atoms. The Kier molecular flexibility index (Phi) is 6.88. The van der Waals surface area contributed by atoms with E-state index in [1.54, 1.807) is 36.4 Å². The van der Waals surface area contributed by atoms with E-state index in [0.29, 0.717) is 29.2 Å². The van der Waals surface area contributed by atoms with Crippen LogP contribution in [-0.2, 0) is 17.8 Å². The van der Waals surface area contributed by atoms with E-state index in [1.165, 1.54) is 42.5 Å². The van der Waals surface area contributed by atoms with Crippen LogP contribution < -0.4 is 9.64 Å². The first-order chi connectivity index (χ1) is 18.9. The van der Waals surface area contributed by atoms with Gasteiger partial charge in [-0.1, -0.05) is 37.3 Å². The molecule has 0 aliphatic carbocycles. The largest absolute Gasteiger partial charge is 0.457 e. The summed E-state index contributed by atoms with van der Waals surface area (Å²) < 4.78 is 11.2. The molecule has 4 aromatic rings. The highest BCUT2D eigenvalue weighted by Crippen LogP contribution is 2.32. The number of nitro benzene ring substituents is 1. The summed E-state index contributed by atoms with van der Waals surface area (Å²) in [6.07, 6.45) is 0.654. The summed E-state index contributed by atoms with van der Waals surface area (Å²) in [6.45, 7) is 1.89. The molecule has 5 rings (SSSR count). The van der Waals surface area contributed by atoms with Gasteiger partial charge >= 0.3 is 5.97 Å². The van der Waals surface area contributed by atoms with Gasteiger partial charge in [-0.25, -0.2) is 9.69 Å². The number of carbonyl (C=O) groups excluding carboxylic acids is 3. The number of para-hydroxylation sites is 1. The van der Waals surface area contributed by atoms with Crippen LogP contribution in [0.1, 0.15) is 49.1 Å². The highest BCUT2D eigenvalue weighted by molar-refractivity contribution is 6.35. The number of esters is 1. The molecule has 0 saturated heterocycles. The molecule has 0 saturated carbocycles. The Bertz CT molecular complexity index is 1610. The Morgan fingerprint density at radius 1 is 0.846 bits per heavy atom. The molecule has 2 amide bonds. The van der Waals surface area contributed by atoms with E-state index < -0.39 is 22.7 Å². The van der Waals surface area contributed by atoms with Gasteiger partial charge in [0, 0.05) is 12.1 Å². The standard InChI is InChI=1S/C30H22N2O7/c1-2-20-7-3-4-9-27(20)31-28(33)25-15-10-21(17-26(25)29(31)34)30(35)38-18-19-6-5-8-24(16-19)39-23-13-11-22(12-14-23)32(36)37/h3-17H,2,18H2,1H3. The summed E-state index contributed by atoms with van der Waals surface area (Å²) in [4.78, 5) is 50.5. The number of fused-ring (bicyclic) bond motifs is 1. The lowest BCUT2D eigenvalue weighted by Crippen LogP contribution is -2.30. The van der Waals surface area contributed by atoms with Crippen LogP contribution in [0.5, 0.6) is 11.5 Å². The second kappa shape index (κ2) is 10.6. The van der Waals surface area contributed by atoms with Crippen LogP contribution >= 0.6 is 0 Å². The summed E-state index contributed by atoms with van der Waals surface area (Å²) in [5.74, 6) is -0.677. The van der Waals surface area contributed by atoms with Crippen molar-refractivity contribution in [3.05, 3.63) is 129 Å². The summed E-state index contributed by atoms with van der Waals surface area (Å²) in [5.41, 5.74) is 2.55. The van der Waals surface area contributed by atoms with Crippen molar-refractivity contribution < 1.29 is 28.8 Å². The Morgan fingerprint density at radius 2 is 1.59 bits per heavy atom. The average molecular weight is 523 g/mol. The highest BCUT2D eigenvalue weighted by Gasteiger charge is 2.38. The number of benzene rings is 4. The highest BCUT2D eigenvalue weighted by atomic mass is 16.6. The Labute approximate surface area is 223 Å². The fourth-order valence-electron chi connectivity index (χ4n) is 4.32. The first kappa shape index (κ1) is 25.3. The number of anilines is 1. The number of hydrogen-bond donors (Lipinski definition) is 0. The lowest BCUT2D eigenvalue weighted by atomic mass is 10.1. The van der Waals surface area contributed by atoms with Gasteiger partial charge in [0.2, 0.25) is 0 Å². The topological polar surface area (TPSA) is 116 Å². The van der Waals surface area contributed by atoms with Gasteiger partial charge in [-0.3, -0.25) is 19.7 Å². The van der Waals surface area contributed by atoms with Gasteiger partial charge in [0.05, 0.1) is 27.3 Å². The molecular formula is C30H22N2O7. The zero-order valence-electron chi connectivity index (χ0n) is 20.8. The van der Waals surface area contributed by atoms with Gasteiger partial charge in [-0.05, 0) is 66.1 Å². The number of non-ortho nitro benzene ring substituents is 1. The van der Waals surface area contributed by atoms with Crippen LogP contribution in [0.4, 0.5) is 11.4 Å². The Balaban J connectivity index is 1.27. The summed E-state index contributed by atoms with van der Waals surface area (Å²) in [5, 5.41) is 10.8. The minimum Gasteiger partial charge on any atom is -0.457 e. The Hall–Kier alpha value is -5.31. The zero-order chi connectivity index (χ0) is 27.5. The number of carbonyl (C=O) groups is 3. The van der Waals surface area contributed by atoms with Crippen LogP contribution in [0.15, 0.2) is 91.0 Å². The predicted molar refractivity (Wildman–Crippen MR) is 142 cm³/mol. The number of nitro groups is 1. The molecule has 4 aromatic carbocycles. The van der Waals surface area contributed by atoms with Crippen LogP contribution in [0.2, 0.25) is 0 Å². The van der Waals surface area contributed by atoms with Gasteiger partial charge in [-0.2, -0.15) is 0 Å². The molecule has 194 valence electrons. The molecule has 0 atom stereocenters. The second-order valence-electron chi connectivity index (χ2n) is 8.76. The van der Waals surface area contributed by atoms with E-state index in [1.807, 2.05) is 19.1 Å². The molecule has 9 heteroatoms. The van der Waals surface area contributed by atoms with Crippen molar-refractivity contribution in [1.82, 2.24) is 0 Å². The van der Waals surface area contributed by atoms with Crippen LogP contribution in [0.25, 0.3) is 0 Å². The van der Waals surface area contributed by atoms with Gasteiger partial charge in [-0.15, -0.1) is 0 Å². The van der Waals surface area contributed by atoms with Crippen LogP contribution in [0.3, 0.4) is 0 Å². The maximum Gasteiger partial charge on any atom is 0.338 e. The lowest BCUT2D eigenvalue weighted by Gasteiger charge is -2.17. The molecule has 1 aliphatic heterocycles. The predicted octanol–water partition coefficient (Wildman–Crippen LogP) is 6.11. The summed E-state index contributed by atoms with van der Waals surface area (Å²) >= 11 is 0. The number of ether oxygens (including phenoxy) is 2. The smallest absolute Gasteiger partial charge is 0.338 e. The van der Waals surface area contributed by atoms with Crippen molar-refractivity contribution in [2.75, 3.05) is 4.90 Å². The van der Waals surface area contributed by atoms with Crippen molar-refractivity contribution >= 4 is 29.2 Å². The molecule has 9 nitrogen and oxygen atoms in total. The number of aryl methyl sites for hydroxylation is 1. The SMILES string of the molecule is CCc1ccccc1N1C(=O)c2ccc(C(=O)OCc3cccc(Oc4ccc([N+](=O)[O-])cc4)c3)cc2C1=O. The van der Waals surface area contributed by atoms with E-state index >= 15 is 0 Å². The lowest BCUT2D eigenvalue weighted by molar-refractivity contribution is -0.384. The molecule has 1 heterocycles. The third kappa shape index (κ3) is 5.10. The van der Waals surface area contributed by atoms with E-state index in [0.717, 1.165) is 10.5 Å². The van der Waals surface area contributed by atoms with E-state index in [4.69, 9.17) is 9.47 Å². The molecule has 0 aromatic heterocycles. The third-order valence-electron chi connectivity index (χ3n) is 6.29. The van der Waals surface area contributed by atoms with Gasteiger partial charge in [0.1, 0.15) is 18.1 Å². The van der Waals surface area contributed by atoms with E-state index in [9.17, 15) is 24.5 Å². The molecule has 0 unspecified atom stereocenters. The quantitative estimate of drug-likeness (QED) is 0.119. The number of hydrogen-bond acceptors (Lipinski definition) is 7. The minimum atomic E-state index is -0.646. The van der Waals surface area contributed by atoms with Crippen molar-refractivity contribution in [3.63, 3.8) is 0 Å². The molecule has 0 bridgehead atoms. The molecular weight excluding hydrogens is 500 g/mol. The molecule has 0 radical (unpaired) electrons. The van der Waals surface area contributed by atoms with Crippen molar-refractivity contribution in [3.8, 4) is 11.5 Å². The maximum atomic E-state index is 13.2. The Morgan fingerprint density at radius 3 is 2.33 bits per heavy atom. The van der Waals surface area contributed by atoms with E-state index in [-0.39, 0.29) is 29.0 Å². The second-order valence-corrected chi connectivity index (χ2v) is 8.76. The maximum absolute atomic E-state index is 13.2. The summed E-state index contributed by atoms with van der Waals surface area (Å²) in [7, 11) is 0. The minimum absolute atomic E-state index is 0.0425. The third-order valence-corrected chi connectivity index (χ3v) is 6.29. The number of nitrogens with zero attached hydrogens (tertiary/aromatic N) is 2. The van der Waals surface area contributed by atoms with Crippen molar-refractivity contribution in [1.29, 1.82) is 0 Å². The fourth-order valence-corrected chi connectivity index (χ4v) is 4.32. The van der Waals surface area contributed by atoms with Gasteiger partial charge in [0.25, 0.3) is 17.5 Å². The first-order valence-electron chi connectivity index (χ1n) is 12.1. The van der Waals surface area contributed by atoms with Gasteiger partial charge in [0.15, 0.2) is 0 Å². The zero-order valence-corrected chi connectivity index (χ0v) is 20.8. The number of rotatable bonds is 8. The van der Waals surface area contributed by atoms with E-state index in [2.05, 4.69) is 0 Å². The molecule has 39 heavy (non-hydrogen) atoms. The van der Waals surface area contributed by atoms with Gasteiger partial charge < -0.3 is 9.47 Å². The fraction of sp³-hybridized carbons (Fsp3) is 0.100. The monoisotopic (exact) mass is 522 g/mol. The van der Waals surface area contributed by atoms with Crippen molar-refractivity contribution in [2.45, 2.75) is 20.0 Å². The molecule has 1 aliphatic rings. The summed E-state index contributed by atoms with van der Waals surface area (Å²) in [6, 6.07) is 24.1.